The predicted molar refractivity (Wildman–Crippen MR) is 65.2 cm³/mol. The second kappa shape index (κ2) is 5.61. The van der Waals surface area contributed by atoms with E-state index in [1.807, 2.05) is 5.51 Å². The Hall–Kier alpha value is -0.410. The van der Waals surface area contributed by atoms with Gasteiger partial charge in [0.25, 0.3) is 0 Å². The number of thiazole rings is 1. The fourth-order valence-corrected chi connectivity index (χ4v) is 2.98. The number of aromatic nitrogens is 1. The molecule has 1 fully saturated rings. The zero-order valence-corrected chi connectivity index (χ0v) is 10.2. The lowest BCUT2D eigenvalue weighted by molar-refractivity contribution is 0.303. The second-order valence-electron chi connectivity index (χ2n) is 4.65. The average Bonchev–Trinajstić information content (AvgIpc) is 2.71. The second-order valence-corrected chi connectivity index (χ2v) is 5.37. The molecule has 2 rings (SSSR count). The van der Waals surface area contributed by atoms with Crippen LogP contribution in [-0.4, -0.2) is 17.6 Å². The Kier molecular flexibility index (Phi) is 4.15. The summed E-state index contributed by atoms with van der Waals surface area (Å²) >= 11 is 1.69. The van der Waals surface area contributed by atoms with E-state index in [9.17, 15) is 0 Å². The van der Waals surface area contributed by atoms with Gasteiger partial charge in [0.1, 0.15) is 0 Å². The Labute approximate surface area is 96.1 Å². The molecule has 1 aliphatic rings. The molecule has 1 aliphatic carbocycles. The summed E-state index contributed by atoms with van der Waals surface area (Å²) in [5.74, 6) is 0.913. The van der Waals surface area contributed by atoms with Crippen molar-refractivity contribution in [1.29, 1.82) is 0 Å². The molecule has 2 nitrogen and oxygen atoms in total. The molecule has 0 aromatic carbocycles. The summed E-state index contributed by atoms with van der Waals surface area (Å²) in [5, 5.41) is 5.80. The summed E-state index contributed by atoms with van der Waals surface area (Å²) in [6, 6.07) is 0.757. The van der Waals surface area contributed by atoms with Crippen LogP contribution >= 0.6 is 11.3 Å². The molecule has 1 aromatic heterocycles. The van der Waals surface area contributed by atoms with Crippen LogP contribution in [-0.2, 0) is 6.42 Å². The van der Waals surface area contributed by atoms with E-state index in [0.717, 1.165) is 24.9 Å². The van der Waals surface area contributed by atoms with Gasteiger partial charge in [-0.05, 0) is 18.8 Å². The highest BCUT2D eigenvalue weighted by atomic mass is 32.1. The van der Waals surface area contributed by atoms with Gasteiger partial charge in [0.15, 0.2) is 0 Å². The Morgan fingerprint density at radius 3 is 3.20 bits per heavy atom. The van der Waals surface area contributed by atoms with E-state index in [0.29, 0.717) is 0 Å². The van der Waals surface area contributed by atoms with E-state index < -0.39 is 0 Å². The zero-order chi connectivity index (χ0) is 10.5. The summed E-state index contributed by atoms with van der Waals surface area (Å²) in [7, 11) is 0. The van der Waals surface area contributed by atoms with Crippen LogP contribution in [0.5, 0.6) is 0 Å². The van der Waals surface area contributed by atoms with E-state index in [1.165, 1.54) is 31.4 Å². The number of nitrogens with one attached hydrogen (secondary N) is 1. The van der Waals surface area contributed by atoms with Gasteiger partial charge in [-0.25, -0.2) is 4.98 Å². The van der Waals surface area contributed by atoms with Gasteiger partial charge in [-0.1, -0.05) is 19.8 Å². The molecule has 0 radical (unpaired) electrons. The van der Waals surface area contributed by atoms with E-state index in [2.05, 4.69) is 22.6 Å². The molecule has 3 heteroatoms. The minimum atomic E-state index is 0.757. The van der Waals surface area contributed by atoms with Gasteiger partial charge in [0.2, 0.25) is 0 Å². The molecule has 0 aliphatic heterocycles. The summed E-state index contributed by atoms with van der Waals surface area (Å²) in [6.07, 6.45) is 6.62. The first-order valence-corrected chi connectivity index (χ1v) is 6.89. The molecule has 1 aromatic rings. The van der Waals surface area contributed by atoms with E-state index in [1.54, 1.807) is 11.3 Å². The Morgan fingerprint density at radius 1 is 1.53 bits per heavy atom. The van der Waals surface area contributed by atoms with E-state index >= 15 is 0 Å². The molecule has 15 heavy (non-hydrogen) atoms. The third-order valence-electron chi connectivity index (χ3n) is 3.23. The van der Waals surface area contributed by atoms with Crippen molar-refractivity contribution in [2.75, 3.05) is 6.54 Å². The van der Waals surface area contributed by atoms with Gasteiger partial charge in [-0.15, -0.1) is 11.3 Å². The van der Waals surface area contributed by atoms with Crippen LogP contribution in [0.15, 0.2) is 10.9 Å². The molecular weight excluding hydrogens is 204 g/mol. The highest BCUT2D eigenvalue weighted by Gasteiger charge is 2.17. The lowest BCUT2D eigenvalue weighted by Crippen LogP contribution is -2.34. The van der Waals surface area contributed by atoms with Crippen molar-refractivity contribution in [3.63, 3.8) is 0 Å². The first-order valence-electron chi connectivity index (χ1n) is 5.95. The average molecular weight is 224 g/mol. The van der Waals surface area contributed by atoms with Crippen LogP contribution in [0.2, 0.25) is 0 Å². The topological polar surface area (TPSA) is 24.9 Å². The maximum absolute atomic E-state index is 4.29. The lowest BCUT2D eigenvalue weighted by Gasteiger charge is -2.27. The minimum absolute atomic E-state index is 0.757. The van der Waals surface area contributed by atoms with Crippen molar-refractivity contribution >= 4 is 11.3 Å². The quantitative estimate of drug-likeness (QED) is 0.850. The van der Waals surface area contributed by atoms with Crippen LogP contribution in [0.25, 0.3) is 0 Å². The molecule has 1 saturated carbocycles. The number of hydrogen-bond donors (Lipinski definition) is 1. The minimum Gasteiger partial charge on any atom is -0.314 e. The van der Waals surface area contributed by atoms with Crippen LogP contribution < -0.4 is 5.32 Å². The standard InChI is InChI=1S/C12H20N2S/c1-10-3-2-4-11(7-10)13-6-5-12-8-15-9-14-12/h8-11,13H,2-7H2,1H3. The Bertz CT molecular complexity index is 271. The van der Waals surface area contributed by atoms with Gasteiger partial charge < -0.3 is 5.32 Å². The van der Waals surface area contributed by atoms with Crippen LogP contribution in [0.3, 0.4) is 0 Å². The van der Waals surface area contributed by atoms with Gasteiger partial charge in [-0.3, -0.25) is 0 Å². The normalized spacial score (nSPS) is 26.7. The lowest BCUT2D eigenvalue weighted by atomic mass is 9.87. The van der Waals surface area contributed by atoms with Crippen molar-refractivity contribution in [3.8, 4) is 0 Å². The van der Waals surface area contributed by atoms with Crippen LogP contribution in [0.1, 0.15) is 38.3 Å². The molecule has 84 valence electrons. The van der Waals surface area contributed by atoms with Gasteiger partial charge >= 0.3 is 0 Å². The molecule has 2 unspecified atom stereocenters. The SMILES string of the molecule is CC1CCCC(NCCc2cscn2)C1. The third-order valence-corrected chi connectivity index (χ3v) is 3.87. The maximum Gasteiger partial charge on any atom is 0.0794 e. The molecule has 0 saturated heterocycles. The molecule has 1 heterocycles. The highest BCUT2D eigenvalue weighted by Crippen LogP contribution is 2.23. The van der Waals surface area contributed by atoms with Crippen molar-refractivity contribution in [3.05, 3.63) is 16.6 Å². The summed E-state index contributed by atoms with van der Waals surface area (Å²) in [4.78, 5) is 4.29. The fourth-order valence-electron chi connectivity index (χ4n) is 2.38. The predicted octanol–water partition coefficient (Wildman–Crippen LogP) is 2.85. The smallest absolute Gasteiger partial charge is 0.0794 e. The van der Waals surface area contributed by atoms with Crippen molar-refractivity contribution in [2.45, 2.75) is 45.1 Å². The monoisotopic (exact) mass is 224 g/mol. The molecule has 0 bridgehead atoms. The molecular formula is C12H20N2S. The number of hydrogen-bond acceptors (Lipinski definition) is 3. The highest BCUT2D eigenvalue weighted by molar-refractivity contribution is 7.07. The van der Waals surface area contributed by atoms with Gasteiger partial charge in [0, 0.05) is 24.4 Å². The Morgan fingerprint density at radius 2 is 2.47 bits per heavy atom. The first-order chi connectivity index (χ1) is 7.34. The van der Waals surface area contributed by atoms with Crippen molar-refractivity contribution in [2.24, 2.45) is 5.92 Å². The summed E-state index contributed by atoms with van der Waals surface area (Å²) in [5.41, 5.74) is 3.15. The summed E-state index contributed by atoms with van der Waals surface area (Å²) < 4.78 is 0. The zero-order valence-electron chi connectivity index (χ0n) is 9.41. The summed E-state index contributed by atoms with van der Waals surface area (Å²) in [6.45, 7) is 3.45. The molecule has 1 N–H and O–H groups in total. The molecule has 2 atom stereocenters. The first kappa shape index (κ1) is 11.1. The largest absolute Gasteiger partial charge is 0.314 e. The fraction of sp³-hybridized carbons (Fsp3) is 0.750. The molecule has 0 spiro atoms. The van der Waals surface area contributed by atoms with Crippen LogP contribution in [0.4, 0.5) is 0 Å². The van der Waals surface area contributed by atoms with Gasteiger partial charge in [0.05, 0.1) is 11.2 Å². The third kappa shape index (κ3) is 3.58. The number of rotatable bonds is 4. The Balaban J connectivity index is 1.65. The van der Waals surface area contributed by atoms with Gasteiger partial charge in [-0.2, -0.15) is 0 Å². The van der Waals surface area contributed by atoms with Crippen LogP contribution in [0, 0.1) is 5.92 Å². The van der Waals surface area contributed by atoms with Crippen molar-refractivity contribution < 1.29 is 0 Å². The van der Waals surface area contributed by atoms with E-state index in [4.69, 9.17) is 0 Å². The van der Waals surface area contributed by atoms with E-state index in [-0.39, 0.29) is 0 Å². The number of nitrogens with zero attached hydrogens (tertiary/aromatic N) is 1. The molecule has 0 amide bonds. The van der Waals surface area contributed by atoms with Crippen molar-refractivity contribution in [1.82, 2.24) is 10.3 Å². The maximum atomic E-state index is 4.29.